The van der Waals surface area contributed by atoms with E-state index in [0.29, 0.717) is 29.4 Å². The first-order chi connectivity index (χ1) is 19.6. The monoisotopic (exact) mass is 566 g/mol. The molecular formula is C29H35FN6O5. The van der Waals surface area contributed by atoms with E-state index in [1.807, 2.05) is 0 Å². The van der Waals surface area contributed by atoms with Crippen LogP contribution < -0.4 is 10.9 Å². The zero-order valence-electron chi connectivity index (χ0n) is 23.7. The summed E-state index contributed by atoms with van der Waals surface area (Å²) in [5.41, 5.74) is 2.00. The van der Waals surface area contributed by atoms with Crippen LogP contribution in [0.15, 0.2) is 35.3 Å². The number of ketones is 1. The Labute approximate surface area is 236 Å². The molecule has 1 saturated carbocycles. The van der Waals surface area contributed by atoms with Crippen LogP contribution in [0.2, 0.25) is 0 Å². The molecule has 4 rings (SSSR count). The van der Waals surface area contributed by atoms with Crippen molar-refractivity contribution < 1.29 is 23.5 Å². The molecule has 12 heteroatoms. The number of aryl methyl sites for hydroxylation is 1. The summed E-state index contributed by atoms with van der Waals surface area (Å²) in [7, 11) is 4.45. The van der Waals surface area contributed by atoms with E-state index in [1.165, 1.54) is 28.8 Å². The van der Waals surface area contributed by atoms with Crippen molar-refractivity contribution >= 4 is 28.8 Å². The van der Waals surface area contributed by atoms with Crippen LogP contribution in [0.3, 0.4) is 0 Å². The number of aromatic nitrogens is 4. The van der Waals surface area contributed by atoms with Gasteiger partial charge in [0.1, 0.15) is 11.3 Å². The van der Waals surface area contributed by atoms with Crippen molar-refractivity contribution in [2.24, 2.45) is 5.92 Å². The van der Waals surface area contributed by atoms with Crippen molar-refractivity contribution in [2.45, 2.75) is 58.0 Å². The smallest absolute Gasteiger partial charge is 0.407 e. The van der Waals surface area contributed by atoms with Crippen molar-refractivity contribution in [1.29, 1.82) is 0 Å². The normalized spacial score (nSPS) is 13.9. The lowest BCUT2D eigenvalue weighted by Crippen LogP contribution is -2.42. The third-order valence-electron chi connectivity index (χ3n) is 7.11. The zero-order valence-corrected chi connectivity index (χ0v) is 23.7. The molecule has 1 aliphatic rings. The number of methoxy groups -OCH3 is 1. The van der Waals surface area contributed by atoms with E-state index in [9.17, 15) is 23.6 Å². The number of likely N-dealkylation sites (N-methyl/N-ethyl adjacent to an activating group) is 1. The highest BCUT2D eigenvalue weighted by Crippen LogP contribution is 2.33. The Morgan fingerprint density at radius 2 is 2.05 bits per heavy atom. The summed E-state index contributed by atoms with van der Waals surface area (Å²) >= 11 is 0. The number of carbonyl (C=O) groups excluding carboxylic acids is 3. The molecule has 2 amide bonds. The van der Waals surface area contributed by atoms with Gasteiger partial charge in [-0.1, -0.05) is 12.1 Å². The average molecular weight is 567 g/mol. The topological polar surface area (TPSA) is 139 Å². The van der Waals surface area contributed by atoms with E-state index in [1.54, 1.807) is 39.2 Å². The number of H-pyrrole nitrogens is 1. The van der Waals surface area contributed by atoms with Crippen LogP contribution in [-0.2, 0) is 33.7 Å². The van der Waals surface area contributed by atoms with Gasteiger partial charge in [-0.05, 0) is 57.1 Å². The number of carbonyl (C=O) groups is 3. The lowest BCUT2D eigenvalue weighted by atomic mass is 10.0. The summed E-state index contributed by atoms with van der Waals surface area (Å²) in [6, 6.07) is 2.39. The van der Waals surface area contributed by atoms with Crippen LogP contribution >= 0.6 is 0 Å². The molecule has 218 valence electrons. The molecule has 0 aromatic carbocycles. The van der Waals surface area contributed by atoms with Crippen molar-refractivity contribution in [3.63, 3.8) is 0 Å². The number of hydrogen-bond donors (Lipinski definition) is 2. The number of hydrogen-bond acceptors (Lipinski definition) is 7. The number of aromatic amines is 1. The molecule has 1 aliphatic carbocycles. The predicted molar refractivity (Wildman–Crippen MR) is 150 cm³/mol. The Morgan fingerprint density at radius 1 is 1.29 bits per heavy atom. The van der Waals surface area contributed by atoms with Crippen molar-refractivity contribution in [1.82, 2.24) is 29.7 Å². The van der Waals surface area contributed by atoms with E-state index < -0.39 is 18.0 Å². The molecule has 1 fully saturated rings. The van der Waals surface area contributed by atoms with Gasteiger partial charge in [0, 0.05) is 31.8 Å². The molecular weight excluding hydrogens is 531 g/mol. The largest absolute Gasteiger partial charge is 0.453 e. The number of pyridine rings is 2. The molecule has 1 atom stereocenters. The van der Waals surface area contributed by atoms with E-state index in [-0.39, 0.29) is 47.7 Å². The first-order valence-corrected chi connectivity index (χ1v) is 13.5. The van der Waals surface area contributed by atoms with E-state index in [4.69, 9.17) is 0 Å². The summed E-state index contributed by atoms with van der Waals surface area (Å²) in [6.45, 7) is 1.82. The highest BCUT2D eigenvalue weighted by Gasteiger charge is 2.25. The van der Waals surface area contributed by atoms with Gasteiger partial charge in [-0.2, -0.15) is 0 Å². The van der Waals surface area contributed by atoms with Crippen LogP contribution in [0.4, 0.5) is 9.18 Å². The highest BCUT2D eigenvalue weighted by molar-refractivity contribution is 5.89. The van der Waals surface area contributed by atoms with Crippen molar-refractivity contribution in [3.8, 4) is 0 Å². The predicted octanol–water partition coefficient (Wildman–Crippen LogP) is 2.83. The number of ether oxygens (including phenoxy) is 1. The molecule has 3 heterocycles. The Hall–Kier alpha value is -4.35. The summed E-state index contributed by atoms with van der Waals surface area (Å²) in [5, 5.41) is 2.52. The number of nitrogens with zero attached hydrogens (tertiary/aromatic N) is 4. The molecule has 41 heavy (non-hydrogen) atoms. The maximum atomic E-state index is 14.5. The number of Topliss-reactive ketones (excluding diaryl/α,β-unsaturated/α-hetero) is 1. The van der Waals surface area contributed by atoms with Gasteiger partial charge >= 0.3 is 6.09 Å². The van der Waals surface area contributed by atoms with Crippen molar-refractivity contribution in [3.05, 3.63) is 69.4 Å². The fourth-order valence-electron chi connectivity index (χ4n) is 4.51. The molecule has 11 nitrogen and oxygen atoms in total. The number of amides is 2. The number of fused-ring (bicyclic) bond motifs is 1. The molecule has 0 saturated heterocycles. The Kier molecular flexibility index (Phi) is 9.31. The minimum absolute atomic E-state index is 0.0538. The summed E-state index contributed by atoms with van der Waals surface area (Å²) in [6.07, 6.45) is 6.78. The van der Waals surface area contributed by atoms with E-state index in [2.05, 4.69) is 25.0 Å². The van der Waals surface area contributed by atoms with Gasteiger partial charge in [0.25, 0.3) is 5.56 Å². The van der Waals surface area contributed by atoms with Gasteiger partial charge in [0.2, 0.25) is 5.91 Å². The number of rotatable bonds is 12. The summed E-state index contributed by atoms with van der Waals surface area (Å²) in [4.78, 5) is 63.6. The van der Waals surface area contributed by atoms with Crippen molar-refractivity contribution in [2.75, 3.05) is 21.2 Å². The minimum Gasteiger partial charge on any atom is -0.453 e. The van der Waals surface area contributed by atoms with Gasteiger partial charge in [-0.3, -0.25) is 19.4 Å². The number of imidazole rings is 1. The number of alkyl carbamates (subject to hydrolysis) is 1. The fourth-order valence-corrected chi connectivity index (χ4v) is 4.51. The van der Waals surface area contributed by atoms with Gasteiger partial charge < -0.3 is 24.5 Å². The third-order valence-corrected chi connectivity index (χ3v) is 7.11. The summed E-state index contributed by atoms with van der Waals surface area (Å²) < 4.78 is 20.6. The summed E-state index contributed by atoms with van der Waals surface area (Å²) in [5.74, 6) is -0.151. The molecule has 3 aromatic heterocycles. The molecule has 0 unspecified atom stereocenters. The van der Waals surface area contributed by atoms with Gasteiger partial charge in [-0.15, -0.1) is 0 Å². The van der Waals surface area contributed by atoms with Crippen LogP contribution in [0, 0.1) is 18.7 Å². The average Bonchev–Trinajstić information content (AvgIpc) is 3.66. The maximum absolute atomic E-state index is 14.5. The van der Waals surface area contributed by atoms with Gasteiger partial charge in [0.15, 0.2) is 11.6 Å². The minimum atomic E-state index is -0.925. The highest BCUT2D eigenvalue weighted by atomic mass is 19.1. The Morgan fingerprint density at radius 3 is 2.73 bits per heavy atom. The lowest BCUT2D eigenvalue weighted by Gasteiger charge is -2.17. The second kappa shape index (κ2) is 12.9. The number of allylic oxidation sites excluding steroid dienone is 1. The van der Waals surface area contributed by atoms with Crippen LogP contribution in [0.1, 0.15) is 48.5 Å². The van der Waals surface area contributed by atoms with E-state index >= 15 is 0 Å². The zero-order chi connectivity index (χ0) is 29.7. The first-order valence-electron chi connectivity index (χ1n) is 13.5. The van der Waals surface area contributed by atoms with Crippen LogP contribution in [0.25, 0.3) is 11.0 Å². The third kappa shape index (κ3) is 7.44. The molecule has 2 N–H and O–H groups in total. The first kappa shape index (κ1) is 29.6. The van der Waals surface area contributed by atoms with Gasteiger partial charge in [-0.25, -0.2) is 14.2 Å². The number of nitrogens with one attached hydrogen (secondary N) is 2. The second-order valence-corrected chi connectivity index (χ2v) is 10.5. The SMILES string of the molecule is COC(=O)N[C@@H](CC/C=C/C(=O)N(C)C)C(=O)Cc1ccc(C)n(Cc2nc3c(F)cnc(CC4CC4)c3[nH]2)c1=O. The number of halogens is 1. The quantitative estimate of drug-likeness (QED) is 0.322. The molecule has 0 aliphatic heterocycles. The Balaban J connectivity index is 1.52. The molecule has 0 radical (unpaired) electrons. The Bertz CT molecular complexity index is 1540. The lowest BCUT2D eigenvalue weighted by molar-refractivity contribution is -0.123. The molecule has 0 bridgehead atoms. The fraction of sp³-hybridized carbons (Fsp3) is 0.448. The maximum Gasteiger partial charge on any atom is 0.407 e. The van der Waals surface area contributed by atoms with Gasteiger partial charge in [0.05, 0.1) is 37.1 Å². The van der Waals surface area contributed by atoms with E-state index in [0.717, 1.165) is 25.0 Å². The molecule has 3 aromatic rings. The molecule has 0 spiro atoms. The van der Waals surface area contributed by atoms with Crippen LogP contribution in [0.5, 0.6) is 0 Å². The second-order valence-electron chi connectivity index (χ2n) is 10.5. The standard InChI is InChI=1S/C29H35FN6O5/c1-17-9-12-19(14-23(37)21(32-29(40)41-4)7-5-6-8-25(38)35(2)3)28(39)36(17)16-24-33-26-20(30)15-31-22(27(26)34-24)13-18-10-11-18/h6,8-9,12,15,18,21H,5,7,10-11,13-14,16H2,1-4H3,(H,32,40)(H,33,34)/b8-6+/t21-/m0/s1. The van der Waals surface area contributed by atoms with Crippen LogP contribution in [-0.4, -0.2) is 69.4 Å².